The summed E-state index contributed by atoms with van der Waals surface area (Å²) in [5, 5.41) is 0.985. The molecule has 5 rings (SSSR count). The molecule has 0 radical (unpaired) electrons. The summed E-state index contributed by atoms with van der Waals surface area (Å²) in [5.74, 6) is -0.0192. The minimum absolute atomic E-state index is 0.0192. The number of nitrogens with zero attached hydrogens (tertiary/aromatic N) is 1. The van der Waals surface area contributed by atoms with Crippen molar-refractivity contribution in [3.63, 3.8) is 0 Å². The molecule has 0 fully saturated rings. The highest BCUT2D eigenvalue weighted by Crippen LogP contribution is 2.36. The number of hydrogen-bond donors (Lipinski definition) is 0. The topological polar surface area (TPSA) is 39.2 Å². The van der Waals surface area contributed by atoms with Crippen molar-refractivity contribution >= 4 is 22.8 Å². The van der Waals surface area contributed by atoms with Gasteiger partial charge in [-0.3, -0.25) is 4.79 Å². The van der Waals surface area contributed by atoms with Gasteiger partial charge in [-0.1, -0.05) is 78.9 Å². The highest BCUT2D eigenvalue weighted by atomic mass is 16.5. The largest absolute Gasteiger partial charge is 0.366 e. The highest BCUT2D eigenvalue weighted by molar-refractivity contribution is 6.15. The van der Waals surface area contributed by atoms with E-state index < -0.39 is 6.10 Å². The zero-order chi connectivity index (χ0) is 21.0. The lowest BCUT2D eigenvalue weighted by Gasteiger charge is -2.22. The van der Waals surface area contributed by atoms with E-state index >= 15 is 0 Å². The van der Waals surface area contributed by atoms with Gasteiger partial charge in [-0.05, 0) is 42.2 Å². The quantitative estimate of drug-likeness (QED) is 0.362. The standard InChI is InChI=1S/C28H23NO2/c30-28-25(31-19-9-12-20-10-3-1-4-11-20)18-17-24-27(28)26(21-13-5-2-6-14-21)22-15-7-8-16-23(22)29-24/h1-8,10-11,13-18,25H,9,12,19H2. The van der Waals surface area contributed by atoms with Gasteiger partial charge in [0.1, 0.15) is 6.10 Å². The summed E-state index contributed by atoms with van der Waals surface area (Å²) in [6.45, 7) is 0.534. The van der Waals surface area contributed by atoms with E-state index in [-0.39, 0.29) is 5.78 Å². The fourth-order valence-electron chi connectivity index (χ4n) is 4.18. The molecule has 0 aliphatic heterocycles. The molecule has 1 unspecified atom stereocenters. The second kappa shape index (κ2) is 8.66. The number of ether oxygens (including phenoxy) is 1. The average molecular weight is 405 g/mol. The molecule has 1 atom stereocenters. The van der Waals surface area contributed by atoms with E-state index in [1.165, 1.54) is 5.56 Å². The minimum Gasteiger partial charge on any atom is -0.366 e. The van der Waals surface area contributed by atoms with E-state index in [2.05, 4.69) is 12.1 Å². The number of ketones is 1. The molecule has 31 heavy (non-hydrogen) atoms. The predicted octanol–water partition coefficient (Wildman–Crippen LogP) is 6.13. The van der Waals surface area contributed by atoms with Crippen molar-refractivity contribution in [2.45, 2.75) is 18.9 Å². The molecule has 4 aromatic rings. The van der Waals surface area contributed by atoms with E-state index in [1.807, 2.05) is 84.9 Å². The van der Waals surface area contributed by atoms with Crippen LogP contribution in [0.1, 0.15) is 28.0 Å². The van der Waals surface area contributed by atoms with Gasteiger partial charge in [0.25, 0.3) is 0 Å². The predicted molar refractivity (Wildman–Crippen MR) is 125 cm³/mol. The molecule has 1 aliphatic rings. The van der Waals surface area contributed by atoms with Gasteiger partial charge in [-0.15, -0.1) is 0 Å². The van der Waals surface area contributed by atoms with Crippen molar-refractivity contribution in [1.82, 2.24) is 4.98 Å². The maximum atomic E-state index is 13.5. The van der Waals surface area contributed by atoms with E-state index in [0.29, 0.717) is 17.9 Å². The molecule has 3 heteroatoms. The Hall–Kier alpha value is -3.56. The number of carbonyl (C=O) groups is 1. The zero-order valence-electron chi connectivity index (χ0n) is 17.2. The van der Waals surface area contributed by atoms with Gasteiger partial charge in [0.05, 0.1) is 16.8 Å². The highest BCUT2D eigenvalue weighted by Gasteiger charge is 2.29. The van der Waals surface area contributed by atoms with Crippen LogP contribution in [0.2, 0.25) is 0 Å². The van der Waals surface area contributed by atoms with Crippen LogP contribution in [0.3, 0.4) is 0 Å². The Labute approximate surface area is 182 Å². The van der Waals surface area contributed by atoms with Crippen LogP contribution in [0, 0.1) is 0 Å². The van der Waals surface area contributed by atoms with Crippen LogP contribution >= 0.6 is 0 Å². The van der Waals surface area contributed by atoms with Crippen molar-refractivity contribution in [1.29, 1.82) is 0 Å². The second-order valence-electron chi connectivity index (χ2n) is 7.73. The normalized spacial score (nSPS) is 15.2. The first-order valence-corrected chi connectivity index (χ1v) is 10.7. The number of para-hydroxylation sites is 1. The third-order valence-corrected chi connectivity index (χ3v) is 5.67. The van der Waals surface area contributed by atoms with E-state index in [4.69, 9.17) is 9.72 Å². The molecule has 1 aromatic heterocycles. The Morgan fingerprint density at radius 2 is 1.52 bits per heavy atom. The molecule has 0 N–H and O–H groups in total. The molecule has 0 saturated carbocycles. The number of rotatable bonds is 6. The average Bonchev–Trinajstić information content (AvgIpc) is 2.83. The Bertz CT molecular complexity index is 1250. The number of Topliss-reactive ketones (excluding diaryl/α,β-unsaturated/α-hetero) is 1. The van der Waals surface area contributed by atoms with Crippen LogP contribution in [0.15, 0.2) is 91.0 Å². The molecule has 0 amide bonds. The molecular weight excluding hydrogens is 382 g/mol. The summed E-state index contributed by atoms with van der Waals surface area (Å²) >= 11 is 0. The third kappa shape index (κ3) is 3.92. The molecule has 0 bridgehead atoms. The molecule has 3 aromatic carbocycles. The summed E-state index contributed by atoms with van der Waals surface area (Å²) < 4.78 is 6.01. The number of hydrogen-bond acceptors (Lipinski definition) is 3. The fraction of sp³-hybridized carbons (Fsp3) is 0.143. The SMILES string of the molecule is O=C1c2c(nc3ccccc3c2-c2ccccc2)C=CC1OCCCc1ccccc1. The number of carbonyl (C=O) groups excluding carboxylic acids is 1. The second-order valence-corrected chi connectivity index (χ2v) is 7.73. The van der Waals surface area contributed by atoms with Crippen molar-refractivity contribution in [2.24, 2.45) is 0 Å². The molecule has 0 saturated heterocycles. The van der Waals surface area contributed by atoms with Gasteiger partial charge in [0.2, 0.25) is 0 Å². The maximum absolute atomic E-state index is 13.5. The van der Waals surface area contributed by atoms with Gasteiger partial charge in [-0.25, -0.2) is 4.98 Å². The summed E-state index contributed by atoms with van der Waals surface area (Å²) in [7, 11) is 0. The van der Waals surface area contributed by atoms with Gasteiger partial charge < -0.3 is 4.74 Å². The van der Waals surface area contributed by atoms with Crippen molar-refractivity contribution in [3.8, 4) is 11.1 Å². The Morgan fingerprint density at radius 3 is 2.32 bits per heavy atom. The van der Waals surface area contributed by atoms with Gasteiger partial charge in [0.15, 0.2) is 5.78 Å². The van der Waals surface area contributed by atoms with Gasteiger partial charge >= 0.3 is 0 Å². The lowest BCUT2D eigenvalue weighted by atomic mass is 9.87. The smallest absolute Gasteiger partial charge is 0.198 e. The molecule has 0 spiro atoms. The lowest BCUT2D eigenvalue weighted by Crippen LogP contribution is -2.27. The molecule has 1 aliphatic carbocycles. The summed E-state index contributed by atoms with van der Waals surface area (Å²) in [4.78, 5) is 18.3. The van der Waals surface area contributed by atoms with Crippen LogP contribution in [-0.4, -0.2) is 23.5 Å². The summed E-state index contributed by atoms with van der Waals surface area (Å²) in [5.41, 5.74) is 5.49. The minimum atomic E-state index is -0.575. The van der Waals surface area contributed by atoms with Gasteiger partial charge in [0, 0.05) is 17.6 Å². The third-order valence-electron chi connectivity index (χ3n) is 5.67. The van der Waals surface area contributed by atoms with Crippen LogP contribution in [0.25, 0.3) is 28.1 Å². The van der Waals surface area contributed by atoms with Crippen molar-refractivity contribution in [2.75, 3.05) is 6.61 Å². The Morgan fingerprint density at radius 1 is 0.806 bits per heavy atom. The maximum Gasteiger partial charge on any atom is 0.198 e. The number of fused-ring (bicyclic) bond motifs is 2. The molecule has 152 valence electrons. The first-order chi connectivity index (χ1) is 15.3. The number of aryl methyl sites for hydroxylation is 1. The number of benzene rings is 3. The van der Waals surface area contributed by atoms with Crippen LogP contribution < -0.4 is 0 Å². The lowest BCUT2D eigenvalue weighted by molar-refractivity contribution is 0.0559. The van der Waals surface area contributed by atoms with E-state index in [1.54, 1.807) is 0 Å². The molecule has 1 heterocycles. The van der Waals surface area contributed by atoms with Crippen molar-refractivity contribution < 1.29 is 9.53 Å². The fourth-order valence-corrected chi connectivity index (χ4v) is 4.18. The summed E-state index contributed by atoms with van der Waals surface area (Å²) in [6.07, 6.45) is 4.99. The van der Waals surface area contributed by atoms with Crippen LogP contribution in [0.4, 0.5) is 0 Å². The van der Waals surface area contributed by atoms with E-state index in [0.717, 1.165) is 34.9 Å². The molecule has 3 nitrogen and oxygen atoms in total. The van der Waals surface area contributed by atoms with Gasteiger partial charge in [-0.2, -0.15) is 0 Å². The Balaban J connectivity index is 1.44. The Kier molecular flexibility index (Phi) is 5.42. The van der Waals surface area contributed by atoms with Crippen LogP contribution in [0.5, 0.6) is 0 Å². The number of pyridine rings is 1. The summed E-state index contributed by atoms with van der Waals surface area (Å²) in [6, 6.07) is 28.4. The van der Waals surface area contributed by atoms with Crippen LogP contribution in [-0.2, 0) is 11.2 Å². The first-order valence-electron chi connectivity index (χ1n) is 10.7. The number of aromatic nitrogens is 1. The van der Waals surface area contributed by atoms with Crippen molar-refractivity contribution in [3.05, 3.63) is 108 Å². The van der Waals surface area contributed by atoms with E-state index in [9.17, 15) is 4.79 Å². The first kappa shape index (κ1) is 19.4. The monoisotopic (exact) mass is 405 g/mol. The zero-order valence-corrected chi connectivity index (χ0v) is 17.2. The molecular formula is C28H23NO2.